The standard InChI is InChI=1S/C51H30N4S/c1-3-15-32(16-4-1)49-52-50(39-23-13-25-43-46(39)38-22-11-12-24-42(38)55(43)36-19-5-2-6-20-36)54-51(53-49)41-29-35-27-26-31-14-9-10-21-37(31)45(35)48-47(41)40-28-33-17-7-8-18-34(33)30-44(40)56-48/h1-30H. The van der Waals surface area contributed by atoms with E-state index in [9.17, 15) is 0 Å². The second-order valence-electron chi connectivity index (χ2n) is 14.4. The molecule has 0 saturated heterocycles. The first kappa shape index (κ1) is 31.2. The lowest BCUT2D eigenvalue weighted by Gasteiger charge is -2.13. The van der Waals surface area contributed by atoms with Crippen LogP contribution in [0.1, 0.15) is 0 Å². The number of thiophene rings is 1. The van der Waals surface area contributed by atoms with Gasteiger partial charge in [0.05, 0.1) is 11.0 Å². The van der Waals surface area contributed by atoms with E-state index in [4.69, 9.17) is 15.0 Å². The van der Waals surface area contributed by atoms with Crippen molar-refractivity contribution in [2.45, 2.75) is 0 Å². The molecule has 4 nitrogen and oxygen atoms in total. The molecule has 0 amide bonds. The molecule has 12 aromatic rings. The Labute approximate surface area is 325 Å². The second kappa shape index (κ2) is 12.2. The topological polar surface area (TPSA) is 43.6 Å². The predicted molar refractivity (Wildman–Crippen MR) is 236 cm³/mol. The van der Waals surface area contributed by atoms with Crippen molar-refractivity contribution in [3.05, 3.63) is 182 Å². The van der Waals surface area contributed by atoms with E-state index in [1.165, 1.54) is 52.5 Å². The largest absolute Gasteiger partial charge is 0.309 e. The van der Waals surface area contributed by atoms with E-state index < -0.39 is 0 Å². The Balaban J connectivity index is 1.21. The summed E-state index contributed by atoms with van der Waals surface area (Å²) in [6, 6.07) is 64.8. The fourth-order valence-electron chi connectivity index (χ4n) is 8.69. The quantitative estimate of drug-likeness (QED) is 0.169. The average Bonchev–Trinajstić information content (AvgIpc) is 3.81. The number of rotatable bonds is 4. The van der Waals surface area contributed by atoms with Crippen LogP contribution in [0.4, 0.5) is 0 Å². The first-order chi connectivity index (χ1) is 27.8. The molecular weight excluding hydrogens is 701 g/mol. The molecule has 5 heteroatoms. The molecular formula is C51H30N4S. The maximum atomic E-state index is 5.48. The zero-order chi connectivity index (χ0) is 36.7. The van der Waals surface area contributed by atoms with Gasteiger partial charge in [-0.2, -0.15) is 0 Å². The molecule has 0 saturated carbocycles. The first-order valence-electron chi connectivity index (χ1n) is 18.9. The minimum Gasteiger partial charge on any atom is -0.309 e. The van der Waals surface area contributed by atoms with Gasteiger partial charge in [-0.3, -0.25) is 0 Å². The van der Waals surface area contributed by atoms with Gasteiger partial charge in [0, 0.05) is 58.7 Å². The lowest BCUT2D eigenvalue weighted by atomic mass is 9.95. The highest BCUT2D eigenvalue weighted by atomic mass is 32.1. The van der Waals surface area contributed by atoms with Gasteiger partial charge in [-0.15, -0.1) is 11.3 Å². The highest BCUT2D eigenvalue weighted by Gasteiger charge is 2.23. The second-order valence-corrected chi connectivity index (χ2v) is 15.4. The number of para-hydroxylation sites is 2. The first-order valence-corrected chi connectivity index (χ1v) is 19.7. The summed E-state index contributed by atoms with van der Waals surface area (Å²) in [6.45, 7) is 0. The van der Waals surface area contributed by atoms with E-state index in [1.54, 1.807) is 0 Å². The molecule has 0 spiro atoms. The Hall–Kier alpha value is -7.21. The molecule has 0 fully saturated rings. The zero-order valence-electron chi connectivity index (χ0n) is 30.0. The molecule has 0 radical (unpaired) electrons. The van der Waals surface area contributed by atoms with E-state index >= 15 is 0 Å². The summed E-state index contributed by atoms with van der Waals surface area (Å²) in [4.78, 5) is 16.1. The van der Waals surface area contributed by atoms with Crippen LogP contribution >= 0.6 is 11.3 Å². The van der Waals surface area contributed by atoms with Crippen molar-refractivity contribution < 1.29 is 0 Å². The lowest BCUT2D eigenvalue weighted by Crippen LogP contribution is -2.01. The molecule has 0 N–H and O–H groups in total. The Bertz CT molecular complexity index is 3530. The lowest BCUT2D eigenvalue weighted by molar-refractivity contribution is 1.08. The van der Waals surface area contributed by atoms with E-state index in [0.29, 0.717) is 17.5 Å². The minimum absolute atomic E-state index is 0.645. The Morgan fingerprint density at radius 1 is 0.375 bits per heavy atom. The van der Waals surface area contributed by atoms with Gasteiger partial charge in [-0.05, 0) is 69.4 Å². The van der Waals surface area contributed by atoms with Crippen molar-refractivity contribution in [2.75, 3.05) is 0 Å². The normalized spacial score (nSPS) is 11.9. The van der Waals surface area contributed by atoms with Crippen molar-refractivity contribution >= 4 is 85.6 Å². The monoisotopic (exact) mass is 730 g/mol. The van der Waals surface area contributed by atoms with Gasteiger partial charge < -0.3 is 4.57 Å². The molecule has 0 atom stereocenters. The number of fused-ring (bicyclic) bond motifs is 11. The fraction of sp³-hybridized carbons (Fsp3) is 0. The van der Waals surface area contributed by atoms with Crippen molar-refractivity contribution in [3.63, 3.8) is 0 Å². The van der Waals surface area contributed by atoms with Crippen LogP contribution < -0.4 is 0 Å². The maximum absolute atomic E-state index is 5.48. The number of aromatic nitrogens is 4. The van der Waals surface area contributed by atoms with Gasteiger partial charge in [0.25, 0.3) is 0 Å². The van der Waals surface area contributed by atoms with Crippen LogP contribution in [-0.4, -0.2) is 19.5 Å². The molecule has 0 bridgehead atoms. The number of hydrogen-bond acceptors (Lipinski definition) is 4. The smallest absolute Gasteiger partial charge is 0.164 e. The molecule has 9 aromatic carbocycles. The Morgan fingerprint density at radius 3 is 1.82 bits per heavy atom. The third kappa shape index (κ3) is 4.68. The highest BCUT2D eigenvalue weighted by Crippen LogP contribution is 2.47. The molecule has 3 heterocycles. The van der Waals surface area contributed by atoms with E-state index in [2.05, 4.69) is 168 Å². The molecule has 3 aromatic heterocycles. The molecule has 0 aliphatic carbocycles. The number of nitrogens with zero attached hydrogens (tertiary/aromatic N) is 4. The summed E-state index contributed by atoms with van der Waals surface area (Å²) in [6.07, 6.45) is 0. The van der Waals surface area contributed by atoms with E-state index in [1.807, 2.05) is 29.5 Å². The Morgan fingerprint density at radius 2 is 1.00 bits per heavy atom. The van der Waals surface area contributed by atoms with Crippen LogP contribution in [-0.2, 0) is 0 Å². The summed E-state index contributed by atoms with van der Waals surface area (Å²) in [5.41, 5.74) is 6.27. The predicted octanol–water partition coefficient (Wildman–Crippen LogP) is 13.8. The summed E-state index contributed by atoms with van der Waals surface area (Å²) < 4.78 is 4.83. The van der Waals surface area contributed by atoms with Crippen LogP contribution in [0.25, 0.3) is 114 Å². The Kier molecular flexibility index (Phi) is 6.76. The van der Waals surface area contributed by atoms with Crippen molar-refractivity contribution in [1.82, 2.24) is 19.5 Å². The molecule has 0 unspecified atom stereocenters. The molecule has 0 aliphatic heterocycles. The minimum atomic E-state index is 0.645. The van der Waals surface area contributed by atoms with Gasteiger partial charge in [0.15, 0.2) is 17.5 Å². The summed E-state index contributed by atoms with van der Waals surface area (Å²) in [5, 5.41) is 12.0. The molecule has 12 rings (SSSR count). The van der Waals surface area contributed by atoms with E-state index in [-0.39, 0.29) is 0 Å². The van der Waals surface area contributed by atoms with Crippen LogP contribution in [0.5, 0.6) is 0 Å². The van der Waals surface area contributed by atoms with Crippen LogP contribution in [0.2, 0.25) is 0 Å². The van der Waals surface area contributed by atoms with Crippen LogP contribution in [0.15, 0.2) is 182 Å². The van der Waals surface area contributed by atoms with Gasteiger partial charge in [-0.25, -0.2) is 15.0 Å². The van der Waals surface area contributed by atoms with Crippen LogP contribution in [0, 0.1) is 0 Å². The average molecular weight is 731 g/mol. The number of benzene rings is 9. The fourth-order valence-corrected chi connectivity index (χ4v) is 10.0. The summed E-state index contributed by atoms with van der Waals surface area (Å²) in [7, 11) is 0. The SMILES string of the molecule is c1ccc(-c2nc(-c3cc4ccc5ccccc5c4c4sc5cc6ccccc6cc5c34)nc(-c3cccc4c3c3ccccc3n4-c3ccccc3)n2)cc1. The molecule has 56 heavy (non-hydrogen) atoms. The summed E-state index contributed by atoms with van der Waals surface area (Å²) in [5.74, 6) is 1.95. The van der Waals surface area contributed by atoms with Gasteiger partial charge in [0.2, 0.25) is 0 Å². The van der Waals surface area contributed by atoms with Gasteiger partial charge in [0.1, 0.15) is 0 Å². The molecule has 260 valence electrons. The third-order valence-corrected chi connectivity index (χ3v) is 12.3. The van der Waals surface area contributed by atoms with Gasteiger partial charge in [-0.1, -0.05) is 140 Å². The molecule has 0 aliphatic rings. The number of hydrogen-bond donors (Lipinski definition) is 0. The maximum Gasteiger partial charge on any atom is 0.164 e. The van der Waals surface area contributed by atoms with E-state index in [0.717, 1.165) is 44.2 Å². The van der Waals surface area contributed by atoms with Crippen molar-refractivity contribution in [2.24, 2.45) is 0 Å². The zero-order valence-corrected chi connectivity index (χ0v) is 30.8. The summed E-state index contributed by atoms with van der Waals surface area (Å²) >= 11 is 1.86. The van der Waals surface area contributed by atoms with Crippen molar-refractivity contribution in [1.29, 1.82) is 0 Å². The van der Waals surface area contributed by atoms with Crippen LogP contribution in [0.3, 0.4) is 0 Å². The van der Waals surface area contributed by atoms with Gasteiger partial charge >= 0.3 is 0 Å². The third-order valence-electron chi connectivity index (χ3n) is 11.2. The van der Waals surface area contributed by atoms with Crippen molar-refractivity contribution in [3.8, 4) is 39.9 Å². The highest BCUT2D eigenvalue weighted by molar-refractivity contribution is 7.27.